The Bertz CT molecular complexity index is 9850. The molecule has 3 aliphatic heterocycles. The molecule has 9 nitrogen and oxygen atoms in total. The quantitative estimate of drug-likeness (QED) is 0.101. The molecule has 710 valence electrons. The number of hydrogen-bond acceptors (Lipinski definition) is 6. The van der Waals surface area contributed by atoms with Gasteiger partial charge in [-0.25, -0.2) is 29.9 Å². The number of nitrogens with zero attached hydrogens (tertiary/aromatic N) is 9. The fraction of sp³-hybridized carbons (Fsp3) is 0.0435. The van der Waals surface area contributed by atoms with E-state index in [1.165, 1.54) is 180 Å². The number of aromatic nitrogens is 9. The lowest BCUT2D eigenvalue weighted by molar-refractivity contribution is 1.18. The lowest BCUT2D eigenvalue weighted by atomic mass is 9.96. The molecule has 29 rings (SSSR count). The third-order valence-electron chi connectivity index (χ3n) is 31.1. The molecule has 9 heterocycles. The first kappa shape index (κ1) is 90.5. The molecule has 3 aliphatic rings. The summed E-state index contributed by atoms with van der Waals surface area (Å²) < 4.78 is 7.12. The van der Waals surface area contributed by atoms with Crippen molar-refractivity contribution < 1.29 is 0 Å². The van der Waals surface area contributed by atoms with E-state index in [0.717, 1.165) is 90.7 Å². The number of para-hydroxylation sites is 5. The van der Waals surface area contributed by atoms with Gasteiger partial charge in [0.2, 0.25) is 0 Å². The first-order valence-electron chi connectivity index (χ1n) is 51.7. The minimum atomic E-state index is -2.09. The average Bonchev–Trinajstić information content (AvgIpc) is 1.62. The van der Waals surface area contributed by atoms with Gasteiger partial charge in [-0.2, -0.15) is 0 Å². The van der Waals surface area contributed by atoms with Crippen LogP contribution in [-0.4, -0.2) is 67.8 Å². The zero-order chi connectivity index (χ0) is 100. The van der Waals surface area contributed by atoms with Crippen molar-refractivity contribution in [3.63, 3.8) is 0 Å². The van der Waals surface area contributed by atoms with Crippen LogP contribution in [0.5, 0.6) is 0 Å². The van der Waals surface area contributed by atoms with Crippen molar-refractivity contribution in [3.8, 4) is 174 Å². The van der Waals surface area contributed by atoms with Gasteiger partial charge in [-0.05, 0) is 225 Å². The molecule has 26 aromatic rings. The summed E-state index contributed by atoms with van der Waals surface area (Å²) in [6.45, 7) is 14.6. The van der Waals surface area contributed by atoms with Gasteiger partial charge in [0.1, 0.15) is 24.2 Å². The van der Waals surface area contributed by atoms with Gasteiger partial charge in [0, 0.05) is 82.8 Å². The monoisotopic (exact) mass is 1970 g/mol. The van der Waals surface area contributed by atoms with Crippen LogP contribution in [-0.2, 0) is 0 Å². The minimum absolute atomic E-state index is 0.769. The Labute approximate surface area is 875 Å². The van der Waals surface area contributed by atoms with Gasteiger partial charge in [-0.3, -0.25) is 0 Å². The van der Waals surface area contributed by atoms with E-state index in [-0.39, 0.29) is 0 Å². The molecule has 0 aliphatic carbocycles. The highest BCUT2D eigenvalue weighted by molar-refractivity contribution is 7.05. The van der Waals surface area contributed by atoms with E-state index in [4.69, 9.17) is 29.9 Å². The summed E-state index contributed by atoms with van der Waals surface area (Å²) in [5.41, 5.74) is 39.3. The Morgan fingerprint density at radius 3 is 0.640 bits per heavy atom. The fourth-order valence-corrected chi connectivity index (χ4v) is 33.6. The maximum absolute atomic E-state index is 5.38. The Balaban J connectivity index is 0.000000111. The third-order valence-corrected chi connectivity index (χ3v) is 41.6. The first-order valence-corrected chi connectivity index (χ1v) is 60.7. The van der Waals surface area contributed by atoms with Crippen molar-refractivity contribution in [1.29, 1.82) is 0 Å². The highest BCUT2D eigenvalue weighted by Crippen LogP contribution is 2.46. The van der Waals surface area contributed by atoms with Crippen molar-refractivity contribution in [2.75, 3.05) is 0 Å². The van der Waals surface area contributed by atoms with Crippen LogP contribution in [0.25, 0.3) is 240 Å². The van der Waals surface area contributed by atoms with Crippen LogP contribution in [0.2, 0.25) is 39.3 Å². The van der Waals surface area contributed by atoms with Gasteiger partial charge in [-0.15, -0.1) is 0 Å². The molecule has 0 amide bonds. The summed E-state index contributed by atoms with van der Waals surface area (Å²) in [6, 6.07) is 181. The molecule has 0 radical (unpaired) electrons. The average molecular weight is 1970 g/mol. The van der Waals surface area contributed by atoms with E-state index in [1.807, 2.05) is 18.2 Å². The Hall–Kier alpha value is -18.3. The Kier molecular flexibility index (Phi) is 22.1. The lowest BCUT2D eigenvalue weighted by Crippen LogP contribution is -2.50. The molecule has 20 aromatic carbocycles. The molecule has 0 unspecified atom stereocenters. The van der Waals surface area contributed by atoms with Crippen molar-refractivity contribution in [2.24, 2.45) is 0 Å². The van der Waals surface area contributed by atoms with Crippen molar-refractivity contribution in [2.45, 2.75) is 39.3 Å². The molecule has 0 N–H and O–H groups in total. The van der Waals surface area contributed by atoms with Crippen LogP contribution in [0.3, 0.4) is 0 Å². The van der Waals surface area contributed by atoms with Crippen molar-refractivity contribution in [1.82, 2.24) is 43.6 Å². The maximum Gasteiger partial charge on any atom is 0.160 e. The van der Waals surface area contributed by atoms with Crippen LogP contribution in [0.1, 0.15) is 0 Å². The van der Waals surface area contributed by atoms with Crippen molar-refractivity contribution >= 4 is 121 Å². The molecular weight excluding hydrogens is 1870 g/mol. The summed E-state index contributed by atoms with van der Waals surface area (Å²) in [6.07, 6.45) is 0. The van der Waals surface area contributed by atoms with Gasteiger partial charge in [0.25, 0.3) is 0 Å². The van der Waals surface area contributed by atoms with E-state index < -0.39 is 24.2 Å². The molecule has 0 fully saturated rings. The first-order chi connectivity index (χ1) is 73.7. The molecular formula is C138H101N9Si3. The summed E-state index contributed by atoms with van der Waals surface area (Å²) in [4.78, 5) is 31.9. The molecule has 0 spiro atoms. The second-order valence-corrected chi connectivity index (χ2v) is 54.0. The predicted octanol–water partition coefficient (Wildman–Crippen LogP) is 31.5. The van der Waals surface area contributed by atoms with Crippen LogP contribution < -0.4 is 31.1 Å². The normalized spacial score (nSPS) is 13.0. The molecule has 12 heteroatoms. The van der Waals surface area contributed by atoms with Gasteiger partial charge >= 0.3 is 0 Å². The second-order valence-electron chi connectivity index (χ2n) is 41.1. The smallest absolute Gasteiger partial charge is 0.160 e. The van der Waals surface area contributed by atoms with E-state index in [9.17, 15) is 0 Å². The van der Waals surface area contributed by atoms with Gasteiger partial charge in [0.15, 0.2) is 17.5 Å². The van der Waals surface area contributed by atoms with Gasteiger partial charge in [-0.1, -0.05) is 421 Å². The molecule has 0 saturated heterocycles. The standard InChI is InChI=1S/2C48H35N3Si.C42H31N3Si/c1-52(2)44-24-13-12-23-39(44)46-47(52)45(49-48(50-46)33-17-8-4-9-18-33)37-20-14-19-34(29-37)36-26-28-43-41(31-36)40-30-35(32-15-6-3-7-16-32)25-27-42(40)51(43)38-21-10-5-11-22-38;1-52(2)44-26-12-10-24-40(44)46-47(52)45(49-48(50-46)32-15-5-3-6-16-32)37-20-14-19-35(30-37)33-17-13-18-34(29-33)36-27-28-43-41(31-36)39-23-9-11-25-42(39)51(43)38-21-7-4-8-22-38;1-46(2)38-23-12-10-21-34(38)40-41(46)39(43-42(44-40)28-14-5-3-6-15-28)31-17-13-16-29(26-31)30-24-25-37-35(27-30)33-20-9-11-22-36(33)45(37)32-18-7-4-8-19-32/h2*3-31H,1-2H3;3-27H,1-2H3. The summed E-state index contributed by atoms with van der Waals surface area (Å²) in [7, 11) is -6.21. The zero-order valence-electron chi connectivity index (χ0n) is 83.9. The van der Waals surface area contributed by atoms with Crippen LogP contribution in [0, 0.1) is 0 Å². The van der Waals surface area contributed by atoms with Crippen LogP contribution in [0.4, 0.5) is 0 Å². The van der Waals surface area contributed by atoms with Crippen LogP contribution in [0.15, 0.2) is 504 Å². The minimum Gasteiger partial charge on any atom is -0.309 e. The number of rotatable bonds is 14. The van der Waals surface area contributed by atoms with E-state index in [0.29, 0.717) is 0 Å². The highest BCUT2D eigenvalue weighted by Gasteiger charge is 2.45. The van der Waals surface area contributed by atoms with E-state index >= 15 is 0 Å². The molecule has 0 bridgehead atoms. The summed E-state index contributed by atoms with van der Waals surface area (Å²) in [5, 5.41) is 15.7. The molecule has 150 heavy (non-hydrogen) atoms. The third kappa shape index (κ3) is 15.5. The SMILES string of the molecule is C[Si]1(C)c2ccccc2-c2nc(-c3ccccc3)nc(-c3cccc(-c4ccc5c(c4)c4cc(-c6ccccc6)ccc4n5-c4ccccc4)c3)c21.C[Si]1(C)c2ccccc2-c2nc(-c3ccccc3)nc(-c3cccc(-c4ccc5c(c4)c4ccccc4n5-c4ccccc4)c3)c21.C[Si]1(C)c2ccccc2-c2nc(-c3ccccc3)nc(-c3cccc(-c4cccc(-c5ccc6c(c5)c5ccccc5n6-c5ccccc5)c4)c3)c21. The van der Waals surface area contributed by atoms with Gasteiger partial charge < -0.3 is 13.7 Å². The number of hydrogen-bond donors (Lipinski definition) is 0. The topological polar surface area (TPSA) is 92.1 Å². The molecule has 6 aromatic heterocycles. The number of fused-ring (bicyclic) bond motifs is 18. The van der Waals surface area contributed by atoms with E-state index in [1.54, 1.807) is 0 Å². The fourth-order valence-electron chi connectivity index (χ4n) is 23.9. The Morgan fingerprint density at radius 1 is 0.147 bits per heavy atom. The van der Waals surface area contributed by atoms with Gasteiger partial charge in [0.05, 0.1) is 67.3 Å². The largest absolute Gasteiger partial charge is 0.309 e. The predicted molar refractivity (Wildman–Crippen MR) is 635 cm³/mol. The van der Waals surface area contributed by atoms with Crippen molar-refractivity contribution in [3.05, 3.63) is 504 Å². The molecule has 0 saturated carbocycles. The number of benzene rings is 20. The summed E-state index contributed by atoms with van der Waals surface area (Å²) in [5.74, 6) is 2.31. The molecule has 0 atom stereocenters. The highest BCUT2D eigenvalue weighted by atomic mass is 28.3. The maximum atomic E-state index is 5.38. The second kappa shape index (κ2) is 36.7. The van der Waals surface area contributed by atoms with Crippen LogP contribution >= 0.6 is 0 Å². The van der Waals surface area contributed by atoms with E-state index in [2.05, 4.69) is 538 Å². The zero-order valence-corrected chi connectivity index (χ0v) is 86.9. The summed E-state index contributed by atoms with van der Waals surface area (Å²) >= 11 is 0. The lowest BCUT2D eigenvalue weighted by Gasteiger charge is -2.22. The Morgan fingerprint density at radius 2 is 0.347 bits per heavy atom.